The minimum absolute atomic E-state index is 0.104. The molecular weight excluding hydrogens is 338 g/mol. The lowest BCUT2D eigenvalue weighted by molar-refractivity contribution is -0.118. The molecule has 0 atom stereocenters. The van der Waals surface area contributed by atoms with Gasteiger partial charge >= 0.3 is 0 Å². The topological polar surface area (TPSA) is 87.2 Å². The van der Waals surface area contributed by atoms with Crippen molar-refractivity contribution >= 4 is 27.5 Å². The van der Waals surface area contributed by atoms with Gasteiger partial charge in [0.15, 0.2) is 0 Å². The Hall–Kier alpha value is -2.67. The van der Waals surface area contributed by atoms with E-state index < -0.39 is 5.91 Å². The maximum atomic E-state index is 12.9. The van der Waals surface area contributed by atoms with Crippen LogP contribution in [0.4, 0.5) is 0 Å². The molecular formula is C18H19N3O3S. The number of ether oxygens (including phenoxy) is 1. The lowest BCUT2D eigenvalue weighted by atomic mass is 10.0. The fraction of sp³-hybridized carbons (Fsp3) is 0.278. The summed E-state index contributed by atoms with van der Waals surface area (Å²) in [5, 5.41) is 0.582. The molecule has 2 aromatic heterocycles. The van der Waals surface area contributed by atoms with Crippen LogP contribution in [0.1, 0.15) is 16.9 Å². The van der Waals surface area contributed by atoms with Gasteiger partial charge in [-0.1, -0.05) is 6.07 Å². The number of hydrogen-bond donors (Lipinski definition) is 1. The highest BCUT2D eigenvalue weighted by atomic mass is 32.1. The number of aryl methyl sites for hydroxylation is 3. The van der Waals surface area contributed by atoms with Gasteiger partial charge in [-0.3, -0.25) is 14.2 Å². The second kappa shape index (κ2) is 6.68. The largest absolute Gasteiger partial charge is 0.496 e. The van der Waals surface area contributed by atoms with E-state index in [4.69, 9.17) is 10.5 Å². The van der Waals surface area contributed by atoms with E-state index in [9.17, 15) is 9.59 Å². The van der Waals surface area contributed by atoms with Crippen LogP contribution in [0.2, 0.25) is 0 Å². The molecule has 0 saturated carbocycles. The minimum Gasteiger partial charge on any atom is -0.496 e. The third kappa shape index (κ3) is 3.15. The highest BCUT2D eigenvalue weighted by Gasteiger charge is 2.17. The van der Waals surface area contributed by atoms with Gasteiger partial charge in [0, 0.05) is 23.4 Å². The average Bonchev–Trinajstić information content (AvgIpc) is 2.91. The Balaban J connectivity index is 2.19. The van der Waals surface area contributed by atoms with Crippen molar-refractivity contribution in [1.29, 1.82) is 0 Å². The van der Waals surface area contributed by atoms with Crippen molar-refractivity contribution in [3.63, 3.8) is 0 Å². The van der Waals surface area contributed by atoms with E-state index in [1.54, 1.807) is 7.11 Å². The number of fused-ring (bicyclic) bond motifs is 1. The molecule has 0 bridgehead atoms. The van der Waals surface area contributed by atoms with Crippen LogP contribution < -0.4 is 16.0 Å². The monoisotopic (exact) mass is 357 g/mol. The number of nitrogens with two attached hydrogens (primary N) is 1. The van der Waals surface area contributed by atoms with Gasteiger partial charge in [0.25, 0.3) is 5.56 Å². The second-order valence-electron chi connectivity index (χ2n) is 5.86. The molecule has 0 unspecified atom stereocenters. The zero-order chi connectivity index (χ0) is 18.1. The molecule has 0 spiro atoms. The van der Waals surface area contributed by atoms with Crippen molar-refractivity contribution in [1.82, 2.24) is 9.55 Å². The van der Waals surface area contributed by atoms with E-state index in [0.29, 0.717) is 10.2 Å². The summed E-state index contributed by atoms with van der Waals surface area (Å²) < 4.78 is 6.76. The van der Waals surface area contributed by atoms with Crippen LogP contribution >= 0.6 is 11.3 Å². The molecule has 2 N–H and O–H groups in total. The van der Waals surface area contributed by atoms with E-state index in [-0.39, 0.29) is 18.5 Å². The van der Waals surface area contributed by atoms with Gasteiger partial charge in [-0.2, -0.15) is 0 Å². The predicted molar refractivity (Wildman–Crippen MR) is 99.2 cm³/mol. The third-order valence-corrected chi connectivity index (χ3v) is 5.15. The molecule has 0 radical (unpaired) electrons. The normalized spacial score (nSPS) is 11.0. The number of amides is 1. The van der Waals surface area contributed by atoms with Gasteiger partial charge in [0.05, 0.1) is 18.8 Å². The molecule has 1 amide bonds. The molecule has 130 valence electrons. The summed E-state index contributed by atoms with van der Waals surface area (Å²) in [6, 6.07) is 5.85. The summed E-state index contributed by atoms with van der Waals surface area (Å²) in [6.07, 6.45) is 1.58. The number of methoxy groups -OCH3 is 1. The van der Waals surface area contributed by atoms with Crippen molar-refractivity contribution in [3.05, 3.63) is 45.3 Å². The summed E-state index contributed by atoms with van der Waals surface area (Å²) in [6.45, 7) is 4.18. The molecule has 0 aliphatic carbocycles. The van der Waals surface area contributed by atoms with Crippen LogP contribution in [0.3, 0.4) is 0 Å². The van der Waals surface area contributed by atoms with Crippen molar-refractivity contribution < 1.29 is 9.53 Å². The van der Waals surface area contributed by atoms with Crippen LogP contribution in [0, 0.1) is 13.8 Å². The molecule has 3 rings (SSSR count). The zero-order valence-corrected chi connectivity index (χ0v) is 15.1. The zero-order valence-electron chi connectivity index (χ0n) is 14.3. The number of primary amides is 1. The summed E-state index contributed by atoms with van der Waals surface area (Å²) in [7, 11) is 1.63. The first-order valence-electron chi connectivity index (χ1n) is 7.84. The fourth-order valence-corrected chi connectivity index (χ4v) is 3.91. The van der Waals surface area contributed by atoms with Crippen molar-refractivity contribution in [2.45, 2.75) is 26.8 Å². The van der Waals surface area contributed by atoms with Crippen LogP contribution in [0.5, 0.6) is 5.75 Å². The Kier molecular flexibility index (Phi) is 4.59. The molecule has 0 fully saturated rings. The van der Waals surface area contributed by atoms with Gasteiger partial charge < -0.3 is 10.5 Å². The highest BCUT2D eigenvalue weighted by Crippen LogP contribution is 2.37. The van der Waals surface area contributed by atoms with Crippen molar-refractivity contribution in [3.8, 4) is 16.9 Å². The second-order valence-corrected chi connectivity index (χ2v) is 7.06. The molecule has 1 aromatic carbocycles. The Morgan fingerprint density at radius 3 is 2.76 bits per heavy atom. The van der Waals surface area contributed by atoms with Gasteiger partial charge in [-0.15, -0.1) is 11.3 Å². The van der Waals surface area contributed by atoms with Crippen molar-refractivity contribution in [2.75, 3.05) is 7.11 Å². The number of carbonyl (C=O) groups is 1. The lowest BCUT2D eigenvalue weighted by Crippen LogP contribution is -2.23. The van der Waals surface area contributed by atoms with E-state index in [1.165, 1.54) is 22.2 Å². The first kappa shape index (κ1) is 17.2. The van der Waals surface area contributed by atoms with E-state index >= 15 is 0 Å². The van der Waals surface area contributed by atoms with Gasteiger partial charge in [0.1, 0.15) is 10.6 Å². The number of benzene rings is 1. The molecule has 6 nitrogen and oxygen atoms in total. The lowest BCUT2D eigenvalue weighted by Gasteiger charge is -2.09. The third-order valence-electron chi connectivity index (χ3n) is 4.14. The van der Waals surface area contributed by atoms with Gasteiger partial charge in [-0.25, -0.2) is 4.98 Å². The summed E-state index contributed by atoms with van der Waals surface area (Å²) in [5.41, 5.74) is 7.87. The van der Waals surface area contributed by atoms with Crippen LogP contribution in [0.15, 0.2) is 29.3 Å². The summed E-state index contributed by atoms with van der Waals surface area (Å²) in [5.74, 6) is 0.359. The van der Waals surface area contributed by atoms with Gasteiger partial charge in [0.2, 0.25) is 5.91 Å². The maximum absolute atomic E-state index is 12.9. The number of rotatable bonds is 5. The number of thiophene rings is 1. The van der Waals surface area contributed by atoms with E-state index in [1.807, 2.05) is 32.0 Å². The van der Waals surface area contributed by atoms with Crippen molar-refractivity contribution in [2.24, 2.45) is 5.73 Å². The molecule has 2 heterocycles. The first-order chi connectivity index (χ1) is 11.9. The van der Waals surface area contributed by atoms with Crippen LogP contribution in [0.25, 0.3) is 21.3 Å². The number of nitrogens with zero attached hydrogens (tertiary/aromatic N) is 2. The molecule has 3 aromatic rings. The molecule has 25 heavy (non-hydrogen) atoms. The number of hydrogen-bond acceptors (Lipinski definition) is 5. The maximum Gasteiger partial charge on any atom is 0.262 e. The van der Waals surface area contributed by atoms with E-state index in [2.05, 4.69) is 4.98 Å². The van der Waals surface area contributed by atoms with Crippen LogP contribution in [-0.2, 0) is 11.3 Å². The standard InChI is InChI=1S/C18H19N3O3S/c1-10-8-12(4-5-13(10)24-3)15-11(2)25-17-16(15)18(23)21(9-20-17)7-6-14(19)22/h4-5,8-9H,6-7H2,1-3H3,(H2,19,22). The van der Waals surface area contributed by atoms with E-state index in [0.717, 1.165) is 27.3 Å². The Labute approximate surface area is 148 Å². The quantitative estimate of drug-likeness (QED) is 0.760. The summed E-state index contributed by atoms with van der Waals surface area (Å²) in [4.78, 5) is 30.0. The number of aromatic nitrogens is 2. The minimum atomic E-state index is -0.445. The Morgan fingerprint density at radius 1 is 1.36 bits per heavy atom. The molecule has 0 saturated heterocycles. The molecule has 0 aliphatic rings. The summed E-state index contributed by atoms with van der Waals surface area (Å²) >= 11 is 1.49. The average molecular weight is 357 g/mol. The first-order valence-corrected chi connectivity index (χ1v) is 8.66. The number of carbonyl (C=O) groups excluding carboxylic acids is 1. The SMILES string of the molecule is COc1ccc(-c2c(C)sc3ncn(CCC(N)=O)c(=O)c23)cc1C. The molecule has 7 heteroatoms. The van der Waals surface area contributed by atoms with Gasteiger partial charge in [-0.05, 0) is 37.1 Å². The molecule has 0 aliphatic heterocycles. The highest BCUT2D eigenvalue weighted by molar-refractivity contribution is 7.19. The Morgan fingerprint density at radius 2 is 2.12 bits per heavy atom. The Bertz CT molecular complexity index is 1020. The van der Waals surface area contributed by atoms with Crippen LogP contribution in [-0.4, -0.2) is 22.6 Å². The predicted octanol–water partition coefficient (Wildman–Crippen LogP) is 2.63. The fourth-order valence-electron chi connectivity index (χ4n) is 2.91. The smallest absolute Gasteiger partial charge is 0.262 e.